The van der Waals surface area contributed by atoms with Crippen molar-refractivity contribution < 1.29 is 0 Å². The molecule has 0 saturated heterocycles. The molecule has 3 heterocycles. The van der Waals surface area contributed by atoms with Gasteiger partial charge < -0.3 is 5.32 Å². The molecule has 4 N–H and O–H groups in total. The van der Waals surface area contributed by atoms with Crippen LogP contribution >= 0.6 is 22.7 Å². The fourth-order valence-electron chi connectivity index (χ4n) is 1.86. The number of thiophene rings is 1. The molecule has 0 unspecified atom stereocenters. The van der Waals surface area contributed by atoms with Crippen molar-refractivity contribution in [3.8, 4) is 0 Å². The minimum absolute atomic E-state index is 0.424. The summed E-state index contributed by atoms with van der Waals surface area (Å²) in [6.07, 6.45) is 0.875. The molecule has 0 bridgehead atoms. The van der Waals surface area contributed by atoms with Crippen LogP contribution in [0.4, 0.5) is 11.8 Å². The van der Waals surface area contributed by atoms with Crippen LogP contribution in [0.5, 0.6) is 0 Å². The molecule has 0 aliphatic heterocycles. The molecule has 3 aromatic rings. The number of fused-ring (bicyclic) bond motifs is 1. The zero-order valence-corrected chi connectivity index (χ0v) is 12.5. The highest BCUT2D eigenvalue weighted by Gasteiger charge is 2.08. The van der Waals surface area contributed by atoms with E-state index in [1.807, 2.05) is 18.4 Å². The summed E-state index contributed by atoms with van der Waals surface area (Å²) in [6.45, 7) is 2.78. The maximum atomic E-state index is 5.39. The molecule has 3 rings (SSSR count). The second-order valence-electron chi connectivity index (χ2n) is 4.24. The maximum absolute atomic E-state index is 5.39. The monoisotopic (exact) mass is 306 g/mol. The zero-order valence-electron chi connectivity index (χ0n) is 10.9. The molecule has 0 spiro atoms. The number of hydrazine groups is 1. The van der Waals surface area contributed by atoms with Crippen LogP contribution in [-0.2, 0) is 6.42 Å². The Balaban J connectivity index is 1.74. The smallest absolute Gasteiger partial charge is 0.240 e. The van der Waals surface area contributed by atoms with E-state index in [4.69, 9.17) is 5.84 Å². The Kier molecular flexibility index (Phi) is 3.77. The van der Waals surface area contributed by atoms with Gasteiger partial charge in [0.25, 0.3) is 0 Å². The zero-order chi connectivity index (χ0) is 13.9. The molecule has 0 atom stereocenters. The van der Waals surface area contributed by atoms with Crippen LogP contribution in [0.1, 0.15) is 10.7 Å². The van der Waals surface area contributed by atoms with Crippen molar-refractivity contribution in [1.29, 1.82) is 0 Å². The standard InChI is InChI=1S/C12H14N6S2/c1-7-6-20-9(15-7)2-4-14-10-8-3-5-19-11(8)17-12(16-10)18-13/h3,5-6H,2,4,13H2,1H3,(H2,14,16,17,18). The Bertz CT molecular complexity index is 720. The summed E-state index contributed by atoms with van der Waals surface area (Å²) in [5, 5.41) is 9.54. The fraction of sp³-hybridized carbons (Fsp3) is 0.250. The van der Waals surface area contributed by atoms with E-state index in [1.165, 1.54) is 0 Å². The van der Waals surface area contributed by atoms with E-state index in [1.54, 1.807) is 22.7 Å². The first-order valence-corrected chi connectivity index (χ1v) is 7.89. The van der Waals surface area contributed by atoms with Crippen molar-refractivity contribution in [2.24, 2.45) is 5.84 Å². The topological polar surface area (TPSA) is 88.8 Å². The largest absolute Gasteiger partial charge is 0.369 e. The molecule has 0 aromatic carbocycles. The summed E-state index contributed by atoms with van der Waals surface area (Å²) < 4.78 is 0. The lowest BCUT2D eigenvalue weighted by Crippen LogP contribution is -2.13. The number of anilines is 2. The first-order valence-electron chi connectivity index (χ1n) is 6.13. The third kappa shape index (κ3) is 2.72. The first-order chi connectivity index (χ1) is 9.76. The molecule has 20 heavy (non-hydrogen) atoms. The molecular formula is C12H14N6S2. The average molecular weight is 306 g/mol. The fourth-order valence-corrected chi connectivity index (χ4v) is 3.40. The summed E-state index contributed by atoms with van der Waals surface area (Å²) in [6, 6.07) is 2.01. The van der Waals surface area contributed by atoms with E-state index in [2.05, 4.69) is 31.1 Å². The van der Waals surface area contributed by atoms with Gasteiger partial charge in [0.05, 0.1) is 10.4 Å². The van der Waals surface area contributed by atoms with Gasteiger partial charge >= 0.3 is 0 Å². The van der Waals surface area contributed by atoms with Crippen molar-refractivity contribution in [1.82, 2.24) is 15.0 Å². The normalized spacial score (nSPS) is 10.9. The van der Waals surface area contributed by atoms with E-state index in [-0.39, 0.29) is 0 Å². The van der Waals surface area contributed by atoms with E-state index in [0.29, 0.717) is 5.95 Å². The lowest BCUT2D eigenvalue weighted by Gasteiger charge is -2.07. The lowest BCUT2D eigenvalue weighted by molar-refractivity contribution is 0.978. The molecule has 0 radical (unpaired) electrons. The van der Waals surface area contributed by atoms with Crippen molar-refractivity contribution >= 4 is 44.7 Å². The summed E-state index contributed by atoms with van der Waals surface area (Å²) in [5.41, 5.74) is 3.57. The van der Waals surface area contributed by atoms with Gasteiger partial charge in [-0.25, -0.2) is 15.8 Å². The van der Waals surface area contributed by atoms with Crippen LogP contribution in [0.15, 0.2) is 16.8 Å². The van der Waals surface area contributed by atoms with Gasteiger partial charge in [0.15, 0.2) is 0 Å². The van der Waals surface area contributed by atoms with Crippen LogP contribution in [0.3, 0.4) is 0 Å². The van der Waals surface area contributed by atoms with Crippen LogP contribution < -0.4 is 16.6 Å². The third-order valence-corrected chi connectivity index (χ3v) is 4.59. The molecular weight excluding hydrogens is 292 g/mol. The number of nitrogens with two attached hydrogens (primary N) is 1. The molecule has 0 saturated carbocycles. The number of rotatable bonds is 5. The summed E-state index contributed by atoms with van der Waals surface area (Å²) in [5.74, 6) is 6.62. The van der Waals surface area contributed by atoms with Gasteiger partial charge in [-0.05, 0) is 18.4 Å². The summed E-state index contributed by atoms with van der Waals surface area (Å²) >= 11 is 3.25. The Hall–Kier alpha value is -1.77. The highest BCUT2D eigenvalue weighted by Crippen LogP contribution is 2.26. The van der Waals surface area contributed by atoms with Gasteiger partial charge in [0, 0.05) is 24.0 Å². The van der Waals surface area contributed by atoms with Crippen LogP contribution in [0, 0.1) is 6.92 Å². The predicted octanol–water partition coefficient (Wildman–Crippen LogP) is 2.40. The van der Waals surface area contributed by atoms with Gasteiger partial charge in [-0.3, -0.25) is 5.43 Å². The van der Waals surface area contributed by atoms with Gasteiger partial charge in [-0.2, -0.15) is 4.98 Å². The van der Waals surface area contributed by atoms with Gasteiger partial charge in [-0.15, -0.1) is 22.7 Å². The predicted molar refractivity (Wildman–Crippen MR) is 84.3 cm³/mol. The Morgan fingerprint density at radius 3 is 2.90 bits per heavy atom. The molecule has 0 aliphatic rings. The van der Waals surface area contributed by atoms with E-state index in [9.17, 15) is 0 Å². The SMILES string of the molecule is Cc1csc(CCNc2nc(NN)nc3sccc23)n1. The van der Waals surface area contributed by atoms with Crippen LogP contribution in [0.25, 0.3) is 10.2 Å². The quantitative estimate of drug-likeness (QED) is 0.495. The number of hydrogen-bond acceptors (Lipinski definition) is 8. The van der Waals surface area contributed by atoms with Crippen molar-refractivity contribution in [3.63, 3.8) is 0 Å². The lowest BCUT2D eigenvalue weighted by atomic mass is 10.3. The number of nitrogens with zero attached hydrogens (tertiary/aromatic N) is 3. The Morgan fingerprint density at radius 1 is 1.25 bits per heavy atom. The maximum Gasteiger partial charge on any atom is 0.240 e. The molecule has 6 nitrogen and oxygen atoms in total. The third-order valence-electron chi connectivity index (χ3n) is 2.75. The number of nitrogen functional groups attached to an aromatic ring is 1. The number of hydrogen-bond donors (Lipinski definition) is 3. The minimum atomic E-state index is 0.424. The highest BCUT2D eigenvalue weighted by atomic mass is 32.1. The minimum Gasteiger partial charge on any atom is -0.369 e. The molecule has 3 aromatic heterocycles. The van der Waals surface area contributed by atoms with E-state index in [0.717, 1.165) is 39.7 Å². The van der Waals surface area contributed by atoms with Crippen LogP contribution in [0.2, 0.25) is 0 Å². The summed E-state index contributed by atoms with van der Waals surface area (Å²) in [4.78, 5) is 14.0. The molecule has 0 amide bonds. The Labute approximate surface area is 124 Å². The van der Waals surface area contributed by atoms with Gasteiger partial charge in [0.1, 0.15) is 10.6 Å². The molecule has 0 fully saturated rings. The Morgan fingerprint density at radius 2 is 2.15 bits per heavy atom. The number of nitrogens with one attached hydrogen (secondary N) is 2. The van der Waals surface area contributed by atoms with E-state index >= 15 is 0 Å². The number of aromatic nitrogens is 3. The highest BCUT2D eigenvalue weighted by molar-refractivity contribution is 7.16. The van der Waals surface area contributed by atoms with Gasteiger partial charge in [-0.1, -0.05) is 0 Å². The average Bonchev–Trinajstić information content (AvgIpc) is 3.07. The van der Waals surface area contributed by atoms with Crippen molar-refractivity contribution in [2.75, 3.05) is 17.3 Å². The molecule has 104 valence electrons. The second-order valence-corrected chi connectivity index (χ2v) is 6.08. The van der Waals surface area contributed by atoms with Crippen molar-refractivity contribution in [3.05, 3.63) is 27.5 Å². The second kappa shape index (κ2) is 5.70. The van der Waals surface area contributed by atoms with E-state index < -0.39 is 0 Å². The number of thiazole rings is 1. The van der Waals surface area contributed by atoms with Gasteiger partial charge in [0.2, 0.25) is 5.95 Å². The summed E-state index contributed by atoms with van der Waals surface area (Å²) in [7, 11) is 0. The molecule has 8 heteroatoms. The van der Waals surface area contributed by atoms with Crippen molar-refractivity contribution in [2.45, 2.75) is 13.3 Å². The first kappa shape index (κ1) is 13.2. The van der Waals surface area contributed by atoms with Crippen LogP contribution in [-0.4, -0.2) is 21.5 Å². The molecule has 0 aliphatic carbocycles. The number of aryl methyl sites for hydroxylation is 1.